The molecule has 0 spiro atoms. The van der Waals surface area contributed by atoms with Gasteiger partial charge in [0.2, 0.25) is 5.91 Å². The number of anilines is 1. The summed E-state index contributed by atoms with van der Waals surface area (Å²) in [5.74, 6) is -1.28. The standard InChI is InChI=1S/C19H23ClN4O4/c1-22-17-14(18(26)23(2)19(22)27)11-15(24(17)8-5-9-28-3)16(25)21-13-7-4-6-12(20)10-13/h4,6-7,10-11,14,17H,5,8-9H2,1-3H3,(H,21,25). The van der Waals surface area contributed by atoms with Crippen LogP contribution >= 0.6 is 11.6 Å². The van der Waals surface area contributed by atoms with Gasteiger partial charge in [0.1, 0.15) is 11.9 Å². The lowest BCUT2D eigenvalue weighted by Crippen LogP contribution is -2.62. The van der Waals surface area contributed by atoms with Gasteiger partial charge in [0.05, 0.1) is 5.92 Å². The van der Waals surface area contributed by atoms with E-state index >= 15 is 0 Å². The first-order chi connectivity index (χ1) is 13.3. The molecule has 3 rings (SSSR count). The van der Waals surface area contributed by atoms with Gasteiger partial charge in [0, 0.05) is 45.1 Å². The molecule has 2 atom stereocenters. The van der Waals surface area contributed by atoms with Crippen LogP contribution in [0, 0.1) is 5.92 Å². The number of nitrogens with one attached hydrogen (secondary N) is 1. The van der Waals surface area contributed by atoms with Crippen molar-refractivity contribution in [2.45, 2.75) is 12.6 Å². The van der Waals surface area contributed by atoms with Crippen LogP contribution in [0.15, 0.2) is 36.0 Å². The fourth-order valence-electron chi connectivity index (χ4n) is 3.60. The largest absolute Gasteiger partial charge is 0.385 e. The maximum Gasteiger partial charge on any atom is 0.327 e. The highest BCUT2D eigenvalue weighted by molar-refractivity contribution is 6.31. The Balaban J connectivity index is 1.89. The second kappa shape index (κ2) is 8.20. The molecule has 2 aliphatic rings. The van der Waals surface area contributed by atoms with Gasteiger partial charge in [-0.25, -0.2) is 4.79 Å². The number of amides is 4. The quantitative estimate of drug-likeness (QED) is 0.730. The van der Waals surface area contributed by atoms with E-state index in [1.165, 1.54) is 11.9 Å². The number of rotatable bonds is 6. The van der Waals surface area contributed by atoms with Gasteiger partial charge < -0.3 is 19.9 Å². The van der Waals surface area contributed by atoms with Crippen LogP contribution in [0.2, 0.25) is 5.02 Å². The molecule has 1 N–H and O–H groups in total. The smallest absolute Gasteiger partial charge is 0.327 e. The zero-order valence-electron chi connectivity index (χ0n) is 16.0. The summed E-state index contributed by atoms with van der Waals surface area (Å²) in [5.41, 5.74) is 0.910. The average Bonchev–Trinajstić information content (AvgIpc) is 3.05. The summed E-state index contributed by atoms with van der Waals surface area (Å²) in [6, 6.07) is 6.43. The number of halogens is 1. The van der Waals surface area contributed by atoms with Crippen LogP contribution in [-0.2, 0) is 14.3 Å². The van der Waals surface area contributed by atoms with Gasteiger partial charge in [0.15, 0.2) is 0 Å². The van der Waals surface area contributed by atoms with E-state index in [1.54, 1.807) is 49.4 Å². The molecular weight excluding hydrogens is 384 g/mol. The van der Waals surface area contributed by atoms with Crippen molar-refractivity contribution < 1.29 is 19.1 Å². The Kier molecular flexibility index (Phi) is 5.90. The molecular formula is C19H23ClN4O4. The van der Waals surface area contributed by atoms with Crippen LogP contribution in [0.25, 0.3) is 0 Å². The SMILES string of the molecule is COCCCN1C(C(=O)Nc2cccc(Cl)c2)=CC2C(=O)N(C)C(=O)N(C)C21. The van der Waals surface area contributed by atoms with Crippen molar-refractivity contribution in [2.24, 2.45) is 5.92 Å². The van der Waals surface area contributed by atoms with Gasteiger partial charge in [0.25, 0.3) is 5.91 Å². The molecule has 1 saturated heterocycles. The molecule has 2 heterocycles. The van der Waals surface area contributed by atoms with E-state index in [9.17, 15) is 14.4 Å². The van der Waals surface area contributed by atoms with Crippen LogP contribution in [0.4, 0.5) is 10.5 Å². The molecule has 1 aromatic carbocycles. The molecule has 1 fully saturated rings. The van der Waals surface area contributed by atoms with E-state index in [4.69, 9.17) is 16.3 Å². The van der Waals surface area contributed by atoms with Crippen LogP contribution in [0.1, 0.15) is 6.42 Å². The van der Waals surface area contributed by atoms with E-state index in [0.717, 1.165) is 4.90 Å². The molecule has 1 aromatic rings. The Morgan fingerprint density at radius 3 is 2.71 bits per heavy atom. The van der Waals surface area contributed by atoms with Gasteiger partial charge in [-0.2, -0.15) is 0 Å². The number of carbonyl (C=O) groups is 3. The summed E-state index contributed by atoms with van der Waals surface area (Å²) in [6.45, 7) is 0.973. The number of fused-ring (bicyclic) bond motifs is 1. The number of urea groups is 1. The normalized spacial score (nSPS) is 21.7. The molecule has 2 aliphatic heterocycles. The van der Waals surface area contributed by atoms with E-state index in [1.807, 2.05) is 0 Å². The number of benzene rings is 1. The lowest BCUT2D eigenvalue weighted by Gasteiger charge is -2.43. The second-order valence-corrected chi connectivity index (χ2v) is 7.22. The Morgan fingerprint density at radius 2 is 2.04 bits per heavy atom. The first-order valence-corrected chi connectivity index (χ1v) is 9.31. The van der Waals surface area contributed by atoms with Crippen molar-refractivity contribution in [1.29, 1.82) is 0 Å². The van der Waals surface area contributed by atoms with Gasteiger partial charge in [-0.3, -0.25) is 14.5 Å². The van der Waals surface area contributed by atoms with Crippen molar-refractivity contribution in [1.82, 2.24) is 14.7 Å². The molecule has 0 saturated carbocycles. The molecule has 150 valence electrons. The minimum Gasteiger partial charge on any atom is -0.385 e. The Bertz CT molecular complexity index is 828. The van der Waals surface area contributed by atoms with Crippen molar-refractivity contribution >= 4 is 35.1 Å². The Labute approximate surface area is 168 Å². The second-order valence-electron chi connectivity index (χ2n) is 6.79. The average molecular weight is 407 g/mol. The number of ether oxygens (including phenoxy) is 1. The summed E-state index contributed by atoms with van der Waals surface area (Å²) < 4.78 is 5.11. The topological polar surface area (TPSA) is 82.2 Å². The van der Waals surface area contributed by atoms with Crippen LogP contribution in [-0.4, -0.2) is 73.1 Å². The lowest BCUT2D eigenvalue weighted by atomic mass is 10.0. The van der Waals surface area contributed by atoms with Crippen LogP contribution in [0.5, 0.6) is 0 Å². The zero-order valence-corrected chi connectivity index (χ0v) is 16.8. The third-order valence-corrected chi connectivity index (χ3v) is 5.19. The lowest BCUT2D eigenvalue weighted by molar-refractivity contribution is -0.137. The van der Waals surface area contributed by atoms with Crippen molar-refractivity contribution in [2.75, 3.05) is 39.7 Å². The van der Waals surface area contributed by atoms with E-state index < -0.39 is 18.1 Å². The highest BCUT2D eigenvalue weighted by Crippen LogP contribution is 2.35. The fourth-order valence-corrected chi connectivity index (χ4v) is 3.79. The van der Waals surface area contributed by atoms with Gasteiger partial charge in [-0.15, -0.1) is 0 Å². The van der Waals surface area contributed by atoms with Gasteiger partial charge in [-0.05, 0) is 30.7 Å². The summed E-state index contributed by atoms with van der Waals surface area (Å²) in [4.78, 5) is 42.4. The number of methoxy groups -OCH3 is 1. The summed E-state index contributed by atoms with van der Waals surface area (Å²) in [7, 11) is 4.69. The maximum absolute atomic E-state index is 13.0. The van der Waals surface area contributed by atoms with Gasteiger partial charge >= 0.3 is 6.03 Å². The van der Waals surface area contributed by atoms with E-state index in [0.29, 0.717) is 36.0 Å². The Morgan fingerprint density at radius 1 is 1.29 bits per heavy atom. The monoisotopic (exact) mass is 406 g/mol. The number of carbonyl (C=O) groups excluding carboxylic acids is 3. The fraction of sp³-hybridized carbons (Fsp3) is 0.421. The predicted molar refractivity (Wildman–Crippen MR) is 105 cm³/mol. The number of nitrogens with zero attached hydrogens (tertiary/aromatic N) is 3. The highest BCUT2D eigenvalue weighted by atomic mass is 35.5. The minimum atomic E-state index is -0.602. The molecule has 9 heteroatoms. The Hall–Kier alpha value is -2.58. The number of hydrogen-bond donors (Lipinski definition) is 1. The number of imide groups is 1. The minimum absolute atomic E-state index is 0.324. The van der Waals surface area contributed by atoms with Crippen LogP contribution in [0.3, 0.4) is 0 Å². The molecule has 0 aliphatic carbocycles. The molecule has 4 amide bonds. The van der Waals surface area contributed by atoms with E-state index in [2.05, 4.69) is 5.32 Å². The molecule has 0 aromatic heterocycles. The first-order valence-electron chi connectivity index (χ1n) is 8.94. The van der Waals surface area contributed by atoms with Crippen molar-refractivity contribution in [3.8, 4) is 0 Å². The first kappa shape index (κ1) is 20.2. The number of hydrogen-bond acceptors (Lipinski definition) is 5. The zero-order chi connectivity index (χ0) is 20.4. The summed E-state index contributed by atoms with van der Waals surface area (Å²) >= 11 is 5.99. The van der Waals surface area contributed by atoms with Crippen molar-refractivity contribution in [3.63, 3.8) is 0 Å². The third-order valence-electron chi connectivity index (χ3n) is 4.95. The maximum atomic E-state index is 13.0. The van der Waals surface area contributed by atoms with Gasteiger partial charge in [-0.1, -0.05) is 17.7 Å². The third kappa shape index (κ3) is 3.70. The molecule has 0 bridgehead atoms. The van der Waals surface area contributed by atoms with Crippen molar-refractivity contribution in [3.05, 3.63) is 41.1 Å². The molecule has 2 unspecified atom stereocenters. The molecule has 28 heavy (non-hydrogen) atoms. The molecule has 8 nitrogen and oxygen atoms in total. The summed E-state index contributed by atoms with van der Waals surface area (Å²) in [6.07, 6.45) is 1.75. The molecule has 0 radical (unpaired) electrons. The summed E-state index contributed by atoms with van der Waals surface area (Å²) in [5, 5.41) is 3.32. The predicted octanol–water partition coefficient (Wildman–Crippen LogP) is 1.98. The van der Waals surface area contributed by atoms with Crippen LogP contribution < -0.4 is 5.32 Å². The highest BCUT2D eigenvalue weighted by Gasteiger charge is 2.50. The van der Waals surface area contributed by atoms with E-state index in [-0.39, 0.29) is 11.8 Å².